The smallest absolute Gasteiger partial charge is 0.295 e. The molecule has 0 N–H and O–H groups in total. The number of hydrogen-bond donors (Lipinski definition) is 0. The normalized spacial score (nSPS) is 16.8. The van der Waals surface area contributed by atoms with Crippen LogP contribution in [-0.2, 0) is 9.59 Å². The number of amides is 2. The first kappa shape index (κ1) is 24.6. The average molecular weight is 521 g/mol. The SMILES string of the molecule is COc1cnc(-n2cnc(C)n2)c2c1C(C(=O)C(=O)N1CCN(C(=O)c3ccccc3)CC1)=CC2CCl. The van der Waals surface area contributed by atoms with Gasteiger partial charge < -0.3 is 14.5 Å². The number of alkyl halides is 1. The van der Waals surface area contributed by atoms with Crippen molar-refractivity contribution >= 4 is 34.8 Å². The van der Waals surface area contributed by atoms with Crippen LogP contribution in [0.2, 0.25) is 0 Å². The Kier molecular flexibility index (Phi) is 6.75. The molecule has 1 saturated heterocycles. The summed E-state index contributed by atoms with van der Waals surface area (Å²) in [6.45, 7) is 2.97. The Morgan fingerprint density at radius 2 is 1.76 bits per heavy atom. The van der Waals surface area contributed by atoms with E-state index in [1.165, 1.54) is 29.2 Å². The van der Waals surface area contributed by atoms with E-state index in [0.29, 0.717) is 47.2 Å². The highest BCUT2D eigenvalue weighted by molar-refractivity contribution is 6.54. The molecule has 2 amide bonds. The number of Topliss-reactive ketones (excluding diaryl/α,β-unsaturated/α-hetero) is 1. The number of carbonyl (C=O) groups is 3. The Morgan fingerprint density at radius 1 is 1.05 bits per heavy atom. The minimum Gasteiger partial charge on any atom is -0.494 e. The maximum absolute atomic E-state index is 13.5. The molecule has 0 radical (unpaired) electrons. The van der Waals surface area contributed by atoms with Crippen LogP contribution in [0.4, 0.5) is 0 Å². The van der Waals surface area contributed by atoms with Crippen LogP contribution in [0, 0.1) is 6.92 Å². The van der Waals surface area contributed by atoms with Gasteiger partial charge >= 0.3 is 0 Å². The largest absolute Gasteiger partial charge is 0.494 e. The molecule has 1 fully saturated rings. The van der Waals surface area contributed by atoms with Gasteiger partial charge in [0.15, 0.2) is 5.82 Å². The number of methoxy groups -OCH3 is 1. The van der Waals surface area contributed by atoms with E-state index in [4.69, 9.17) is 16.3 Å². The van der Waals surface area contributed by atoms with Crippen LogP contribution in [0.25, 0.3) is 11.4 Å². The molecule has 2 aromatic heterocycles. The van der Waals surface area contributed by atoms with Gasteiger partial charge in [0, 0.05) is 60.2 Å². The van der Waals surface area contributed by atoms with E-state index in [-0.39, 0.29) is 36.4 Å². The summed E-state index contributed by atoms with van der Waals surface area (Å²) in [6, 6.07) is 9.00. The number of pyridine rings is 1. The predicted molar refractivity (Wildman–Crippen MR) is 136 cm³/mol. The molecule has 3 heterocycles. The van der Waals surface area contributed by atoms with Gasteiger partial charge in [-0.1, -0.05) is 24.3 Å². The summed E-state index contributed by atoms with van der Waals surface area (Å²) in [7, 11) is 1.48. The number of hydrogen-bond acceptors (Lipinski definition) is 7. The fraction of sp³-hybridized carbons (Fsp3) is 0.308. The zero-order chi connectivity index (χ0) is 26.1. The molecule has 1 aliphatic heterocycles. The minimum absolute atomic E-state index is 0.0930. The third kappa shape index (κ3) is 4.48. The van der Waals surface area contributed by atoms with Crippen LogP contribution in [0.1, 0.15) is 33.2 Å². The van der Waals surface area contributed by atoms with Crippen molar-refractivity contribution in [3.8, 4) is 11.6 Å². The minimum atomic E-state index is -0.651. The molecule has 0 spiro atoms. The van der Waals surface area contributed by atoms with Gasteiger partial charge in [0.1, 0.15) is 17.9 Å². The van der Waals surface area contributed by atoms with Crippen LogP contribution >= 0.6 is 11.6 Å². The summed E-state index contributed by atoms with van der Waals surface area (Å²) >= 11 is 6.29. The summed E-state index contributed by atoms with van der Waals surface area (Å²) < 4.78 is 7.05. The van der Waals surface area contributed by atoms with Crippen molar-refractivity contribution in [2.75, 3.05) is 39.2 Å². The monoisotopic (exact) mass is 520 g/mol. The summed E-state index contributed by atoms with van der Waals surface area (Å²) in [5, 5.41) is 4.35. The molecule has 3 aromatic rings. The van der Waals surface area contributed by atoms with E-state index in [1.807, 2.05) is 18.2 Å². The van der Waals surface area contributed by atoms with Crippen molar-refractivity contribution in [1.29, 1.82) is 0 Å². The number of piperazine rings is 1. The molecule has 1 atom stereocenters. The van der Waals surface area contributed by atoms with Crippen LogP contribution in [0.3, 0.4) is 0 Å². The predicted octanol–water partition coefficient (Wildman–Crippen LogP) is 2.25. The number of allylic oxidation sites excluding steroid dienone is 1. The number of aryl methyl sites for hydroxylation is 1. The van der Waals surface area contributed by atoms with Crippen molar-refractivity contribution in [3.05, 3.63) is 71.4 Å². The van der Waals surface area contributed by atoms with Gasteiger partial charge in [-0.25, -0.2) is 14.6 Å². The van der Waals surface area contributed by atoms with E-state index < -0.39 is 11.7 Å². The Bertz CT molecular complexity index is 1400. The Balaban J connectivity index is 1.38. The van der Waals surface area contributed by atoms with E-state index in [1.54, 1.807) is 30.0 Å². The summed E-state index contributed by atoms with van der Waals surface area (Å²) in [5.74, 6) is -0.159. The number of halogens is 1. The number of ketones is 1. The number of carbonyl (C=O) groups excluding carboxylic acids is 3. The maximum atomic E-state index is 13.5. The molecule has 37 heavy (non-hydrogen) atoms. The molecule has 5 rings (SSSR count). The van der Waals surface area contributed by atoms with Crippen molar-refractivity contribution < 1.29 is 19.1 Å². The number of rotatable bonds is 6. The van der Waals surface area contributed by atoms with E-state index in [9.17, 15) is 14.4 Å². The number of aromatic nitrogens is 4. The first-order valence-corrected chi connectivity index (χ1v) is 12.4. The Morgan fingerprint density at radius 3 is 2.38 bits per heavy atom. The number of benzene rings is 1. The fourth-order valence-electron chi connectivity index (χ4n) is 4.73. The van der Waals surface area contributed by atoms with Crippen molar-refractivity contribution in [3.63, 3.8) is 0 Å². The molecule has 11 heteroatoms. The Labute approximate surface area is 218 Å². The molecule has 1 aliphatic carbocycles. The second-order valence-corrected chi connectivity index (χ2v) is 9.10. The molecule has 2 aliphatic rings. The zero-order valence-corrected chi connectivity index (χ0v) is 21.2. The van der Waals surface area contributed by atoms with Gasteiger partial charge in [0.25, 0.3) is 17.6 Å². The molecule has 1 unspecified atom stereocenters. The molecule has 190 valence electrons. The van der Waals surface area contributed by atoms with Gasteiger partial charge in [-0.3, -0.25) is 14.4 Å². The van der Waals surface area contributed by atoms with Crippen LogP contribution in [0.15, 0.2) is 48.9 Å². The van der Waals surface area contributed by atoms with Crippen LogP contribution in [0.5, 0.6) is 5.75 Å². The first-order valence-electron chi connectivity index (χ1n) is 11.8. The van der Waals surface area contributed by atoms with Crippen LogP contribution in [-0.4, -0.2) is 86.3 Å². The quantitative estimate of drug-likeness (QED) is 0.362. The first-order chi connectivity index (χ1) is 17.9. The molecule has 10 nitrogen and oxygen atoms in total. The van der Waals surface area contributed by atoms with Gasteiger partial charge in [0.05, 0.1) is 13.3 Å². The topological polar surface area (TPSA) is 111 Å². The standard InChI is InChI=1S/C26H25ClN6O4/c1-16-29-15-33(30-16)24-21-18(13-27)12-19(22(21)20(37-2)14-28-24)23(34)26(36)32-10-8-31(9-11-32)25(35)17-6-4-3-5-7-17/h3-7,12,14-15,18H,8-11,13H2,1-2H3. The summed E-state index contributed by atoms with van der Waals surface area (Å²) in [4.78, 5) is 51.4. The number of fused-ring (bicyclic) bond motifs is 1. The lowest BCUT2D eigenvalue weighted by Crippen LogP contribution is -2.52. The lowest BCUT2D eigenvalue weighted by molar-refractivity contribution is -0.142. The lowest BCUT2D eigenvalue weighted by Gasteiger charge is -2.34. The van der Waals surface area contributed by atoms with Gasteiger partial charge in [0.2, 0.25) is 0 Å². The van der Waals surface area contributed by atoms with Gasteiger partial charge in [-0.05, 0) is 19.1 Å². The second-order valence-electron chi connectivity index (χ2n) is 8.80. The summed E-state index contributed by atoms with van der Waals surface area (Å²) in [6.07, 6.45) is 4.74. The lowest BCUT2D eigenvalue weighted by atomic mass is 9.99. The van der Waals surface area contributed by atoms with E-state index in [0.717, 1.165) is 0 Å². The second kappa shape index (κ2) is 10.1. The average Bonchev–Trinajstić information content (AvgIpc) is 3.56. The molecular formula is C26H25ClN6O4. The van der Waals surface area contributed by atoms with Crippen LogP contribution < -0.4 is 4.74 Å². The maximum Gasteiger partial charge on any atom is 0.295 e. The Hall–Kier alpha value is -4.05. The molecule has 1 aromatic carbocycles. The zero-order valence-electron chi connectivity index (χ0n) is 20.4. The van der Waals surface area contributed by atoms with Crippen molar-refractivity contribution in [2.45, 2.75) is 12.8 Å². The van der Waals surface area contributed by atoms with Crippen molar-refractivity contribution in [2.24, 2.45) is 0 Å². The highest BCUT2D eigenvalue weighted by atomic mass is 35.5. The number of ether oxygens (including phenoxy) is 1. The van der Waals surface area contributed by atoms with Gasteiger partial charge in [-0.2, -0.15) is 5.10 Å². The fourth-order valence-corrected chi connectivity index (χ4v) is 4.97. The third-order valence-corrected chi connectivity index (χ3v) is 6.92. The third-order valence-electron chi connectivity index (χ3n) is 6.59. The molecular weight excluding hydrogens is 496 g/mol. The molecule has 0 saturated carbocycles. The van der Waals surface area contributed by atoms with Gasteiger partial charge in [-0.15, -0.1) is 11.6 Å². The highest BCUT2D eigenvalue weighted by Gasteiger charge is 2.38. The summed E-state index contributed by atoms with van der Waals surface area (Å²) in [5.41, 5.74) is 1.97. The number of nitrogens with zero attached hydrogens (tertiary/aromatic N) is 6. The molecule has 0 bridgehead atoms. The highest BCUT2D eigenvalue weighted by Crippen LogP contribution is 2.44. The van der Waals surface area contributed by atoms with Crippen molar-refractivity contribution in [1.82, 2.24) is 29.5 Å². The van der Waals surface area contributed by atoms with E-state index in [2.05, 4.69) is 15.1 Å². The van der Waals surface area contributed by atoms with E-state index >= 15 is 0 Å².